The summed E-state index contributed by atoms with van der Waals surface area (Å²) in [6.45, 7) is 6.45. The van der Waals surface area contributed by atoms with Crippen LogP contribution in [-0.4, -0.2) is 29.1 Å². The van der Waals surface area contributed by atoms with Gasteiger partial charge < -0.3 is 0 Å². The highest BCUT2D eigenvalue weighted by atomic mass is 16.1. The van der Waals surface area contributed by atoms with Gasteiger partial charge in [-0.15, -0.1) is 0 Å². The Bertz CT molecular complexity index is 1160. The molecule has 132 valence electrons. The largest absolute Gasteiger partial charge is 0.292 e. The van der Waals surface area contributed by atoms with Crippen LogP contribution in [0.1, 0.15) is 22.4 Å². The van der Waals surface area contributed by atoms with Crippen molar-refractivity contribution in [3.63, 3.8) is 0 Å². The van der Waals surface area contributed by atoms with E-state index in [2.05, 4.69) is 21.2 Å². The highest BCUT2D eigenvalue weighted by Gasteiger charge is 2.13. The molecule has 0 aliphatic rings. The maximum Gasteiger partial charge on any atom is 0.264 e. The number of hydrogen-bond donors (Lipinski definition) is 0. The molecule has 7 nitrogen and oxygen atoms in total. The van der Waals surface area contributed by atoms with Crippen molar-refractivity contribution >= 4 is 11.0 Å². The van der Waals surface area contributed by atoms with Crippen molar-refractivity contribution in [3.05, 3.63) is 69.7 Å². The summed E-state index contributed by atoms with van der Waals surface area (Å²) >= 11 is 0. The zero-order chi connectivity index (χ0) is 18.4. The quantitative estimate of drug-likeness (QED) is 0.569. The Morgan fingerprint density at radius 1 is 1.08 bits per heavy atom. The van der Waals surface area contributed by atoms with E-state index in [1.54, 1.807) is 26.5 Å². The summed E-state index contributed by atoms with van der Waals surface area (Å²) in [4.78, 5) is 17.4. The predicted molar refractivity (Wildman–Crippen MR) is 99.6 cm³/mol. The Morgan fingerprint density at radius 2 is 1.81 bits per heavy atom. The average molecular weight is 348 g/mol. The second-order valence-electron chi connectivity index (χ2n) is 6.75. The minimum Gasteiger partial charge on any atom is -0.292 e. The average Bonchev–Trinajstić information content (AvgIpc) is 3.13. The van der Waals surface area contributed by atoms with E-state index in [0.717, 1.165) is 28.1 Å². The molecule has 0 aliphatic carbocycles. The maximum atomic E-state index is 12.9. The molecule has 0 fully saturated rings. The molecule has 3 heterocycles. The van der Waals surface area contributed by atoms with Crippen molar-refractivity contribution in [2.75, 3.05) is 0 Å². The Hall–Kier alpha value is -3.22. The molecular weight excluding hydrogens is 328 g/mol. The zero-order valence-corrected chi connectivity index (χ0v) is 15.3. The summed E-state index contributed by atoms with van der Waals surface area (Å²) in [5.74, 6) is 0. The van der Waals surface area contributed by atoms with Crippen molar-refractivity contribution in [1.29, 1.82) is 0 Å². The first kappa shape index (κ1) is 16.3. The summed E-state index contributed by atoms with van der Waals surface area (Å²) < 4.78 is 5.04. The number of nitrogens with zero attached hydrogens (tertiary/aromatic N) is 6. The van der Waals surface area contributed by atoms with Gasteiger partial charge in [-0.2, -0.15) is 10.2 Å². The number of fused-ring (bicyclic) bond motifs is 1. The van der Waals surface area contributed by atoms with Crippen LogP contribution in [0.25, 0.3) is 16.7 Å². The molecule has 0 radical (unpaired) electrons. The molecule has 7 heteroatoms. The van der Waals surface area contributed by atoms with E-state index >= 15 is 0 Å². The molecule has 0 bridgehead atoms. The van der Waals surface area contributed by atoms with Crippen LogP contribution in [0.3, 0.4) is 0 Å². The minimum atomic E-state index is -0.115. The zero-order valence-electron chi connectivity index (χ0n) is 15.3. The van der Waals surface area contributed by atoms with Crippen molar-refractivity contribution in [1.82, 2.24) is 29.1 Å². The van der Waals surface area contributed by atoms with Crippen LogP contribution in [0.15, 0.2) is 41.7 Å². The fourth-order valence-corrected chi connectivity index (χ4v) is 3.29. The topological polar surface area (TPSA) is 70.5 Å². The molecule has 0 saturated carbocycles. The summed E-state index contributed by atoms with van der Waals surface area (Å²) in [5, 5.41) is 9.31. The minimum absolute atomic E-state index is 0.115. The number of aromatic nitrogens is 6. The lowest BCUT2D eigenvalue weighted by Gasteiger charge is -2.07. The van der Waals surface area contributed by atoms with Gasteiger partial charge in [0, 0.05) is 13.2 Å². The third-order valence-electron chi connectivity index (χ3n) is 4.44. The van der Waals surface area contributed by atoms with Crippen LogP contribution in [0.4, 0.5) is 0 Å². The van der Waals surface area contributed by atoms with E-state index < -0.39 is 0 Å². The maximum absolute atomic E-state index is 12.9. The Kier molecular flexibility index (Phi) is 3.72. The number of aryl methyl sites for hydroxylation is 4. The van der Waals surface area contributed by atoms with Crippen molar-refractivity contribution < 1.29 is 0 Å². The van der Waals surface area contributed by atoms with Crippen LogP contribution in [0.5, 0.6) is 0 Å². The highest BCUT2D eigenvalue weighted by Crippen LogP contribution is 2.17. The molecule has 0 spiro atoms. The monoisotopic (exact) mass is 348 g/mol. The van der Waals surface area contributed by atoms with Crippen LogP contribution < -0.4 is 5.56 Å². The molecule has 0 saturated heterocycles. The summed E-state index contributed by atoms with van der Waals surface area (Å²) in [6.07, 6.45) is 5.09. The van der Waals surface area contributed by atoms with E-state index in [9.17, 15) is 4.79 Å². The fraction of sp³-hybridized carbons (Fsp3) is 0.263. The third kappa shape index (κ3) is 2.71. The SMILES string of the molecule is Cc1cc(C)cc(-n2ncc3c(=O)n(Cc4nn(C)cc4C)cnc32)c1. The van der Waals surface area contributed by atoms with Gasteiger partial charge in [-0.3, -0.25) is 14.0 Å². The standard InChI is InChI=1S/C19H20N6O/c1-12-5-13(2)7-15(6-12)25-18-16(8-21-25)19(26)24(11-20-18)10-17-14(3)9-23(4)22-17/h5-9,11H,10H2,1-4H3. The lowest BCUT2D eigenvalue weighted by Crippen LogP contribution is -2.21. The van der Waals surface area contributed by atoms with Crippen molar-refractivity contribution in [2.45, 2.75) is 27.3 Å². The van der Waals surface area contributed by atoms with E-state index in [-0.39, 0.29) is 5.56 Å². The molecule has 0 N–H and O–H groups in total. The van der Waals surface area contributed by atoms with Gasteiger partial charge in [0.25, 0.3) is 5.56 Å². The Labute approximate surface area is 150 Å². The van der Waals surface area contributed by atoms with E-state index in [1.807, 2.05) is 46.1 Å². The normalized spacial score (nSPS) is 11.4. The number of rotatable bonds is 3. The first-order valence-corrected chi connectivity index (χ1v) is 8.43. The first-order valence-electron chi connectivity index (χ1n) is 8.43. The third-order valence-corrected chi connectivity index (χ3v) is 4.44. The van der Waals surface area contributed by atoms with Crippen molar-refractivity contribution in [3.8, 4) is 5.69 Å². The van der Waals surface area contributed by atoms with Gasteiger partial charge in [-0.1, -0.05) is 6.07 Å². The molecule has 4 aromatic rings. The molecule has 26 heavy (non-hydrogen) atoms. The molecule has 4 rings (SSSR count). The molecular formula is C19H20N6O. The van der Waals surface area contributed by atoms with Crippen LogP contribution >= 0.6 is 0 Å². The Morgan fingerprint density at radius 3 is 2.46 bits per heavy atom. The van der Waals surface area contributed by atoms with Gasteiger partial charge >= 0.3 is 0 Å². The first-order chi connectivity index (χ1) is 12.4. The van der Waals surface area contributed by atoms with E-state index in [1.165, 1.54) is 0 Å². The molecule has 0 atom stereocenters. The van der Waals surface area contributed by atoms with Gasteiger partial charge in [0.05, 0.1) is 24.1 Å². The fourth-order valence-electron chi connectivity index (χ4n) is 3.29. The smallest absolute Gasteiger partial charge is 0.264 e. The summed E-state index contributed by atoms with van der Waals surface area (Å²) in [7, 11) is 1.87. The molecule has 1 aromatic carbocycles. The number of hydrogen-bond acceptors (Lipinski definition) is 4. The lowest BCUT2D eigenvalue weighted by molar-refractivity contribution is 0.685. The second kappa shape index (κ2) is 5.94. The Balaban J connectivity index is 1.80. The van der Waals surface area contributed by atoms with Gasteiger partial charge in [0.2, 0.25) is 0 Å². The number of benzene rings is 1. The summed E-state index contributed by atoms with van der Waals surface area (Å²) in [5.41, 5.74) is 5.54. The van der Waals surface area contributed by atoms with Gasteiger partial charge in [-0.05, 0) is 49.6 Å². The molecule has 3 aromatic heterocycles. The highest BCUT2D eigenvalue weighted by molar-refractivity contribution is 5.75. The van der Waals surface area contributed by atoms with Gasteiger partial charge in [0.15, 0.2) is 5.65 Å². The summed E-state index contributed by atoms with van der Waals surface area (Å²) in [6, 6.07) is 6.17. The van der Waals surface area contributed by atoms with E-state index in [4.69, 9.17) is 0 Å². The predicted octanol–water partition coefficient (Wildman–Crippen LogP) is 2.29. The van der Waals surface area contributed by atoms with Gasteiger partial charge in [-0.25, -0.2) is 9.67 Å². The molecule has 0 aliphatic heterocycles. The molecule has 0 unspecified atom stereocenters. The van der Waals surface area contributed by atoms with Crippen LogP contribution in [0.2, 0.25) is 0 Å². The molecule has 0 amide bonds. The lowest BCUT2D eigenvalue weighted by atomic mass is 10.1. The van der Waals surface area contributed by atoms with Crippen LogP contribution in [-0.2, 0) is 13.6 Å². The van der Waals surface area contributed by atoms with E-state index in [0.29, 0.717) is 17.6 Å². The van der Waals surface area contributed by atoms with Crippen molar-refractivity contribution in [2.24, 2.45) is 7.05 Å². The van der Waals surface area contributed by atoms with Crippen LogP contribution in [0, 0.1) is 20.8 Å². The second-order valence-corrected chi connectivity index (χ2v) is 6.75. The van der Waals surface area contributed by atoms with Gasteiger partial charge in [0.1, 0.15) is 11.7 Å².